The number of thiocarbonyl (C=S) groups is 1. The Morgan fingerprint density at radius 2 is 2.03 bits per heavy atom. The maximum Gasteiger partial charge on any atom is 0.266 e. The van der Waals surface area contributed by atoms with E-state index in [1.807, 2.05) is 55.5 Å². The van der Waals surface area contributed by atoms with E-state index >= 15 is 0 Å². The number of halogens is 1. The SMILES string of the molecule is CCOc1ccc(/C=C2\SC(=S)N(CCC(=O)Nc3cccc(Br)c3)C2=O)cc1. The van der Waals surface area contributed by atoms with Gasteiger partial charge in [0.1, 0.15) is 10.1 Å². The fourth-order valence-corrected chi connectivity index (χ4v) is 4.38. The zero-order chi connectivity index (χ0) is 20.8. The summed E-state index contributed by atoms with van der Waals surface area (Å²) in [5.41, 5.74) is 1.59. The van der Waals surface area contributed by atoms with Crippen LogP contribution >= 0.6 is 39.9 Å². The summed E-state index contributed by atoms with van der Waals surface area (Å²) in [6, 6.07) is 14.9. The van der Waals surface area contributed by atoms with E-state index in [1.165, 1.54) is 16.7 Å². The summed E-state index contributed by atoms with van der Waals surface area (Å²) in [4.78, 5) is 26.9. The van der Waals surface area contributed by atoms with Gasteiger partial charge in [-0.2, -0.15) is 0 Å². The summed E-state index contributed by atoms with van der Waals surface area (Å²) >= 11 is 9.95. The second kappa shape index (κ2) is 10.0. The third kappa shape index (κ3) is 5.91. The molecule has 5 nitrogen and oxygen atoms in total. The molecule has 0 unspecified atom stereocenters. The highest BCUT2D eigenvalue weighted by Crippen LogP contribution is 2.33. The molecule has 1 heterocycles. The molecule has 0 atom stereocenters. The molecule has 2 amide bonds. The van der Waals surface area contributed by atoms with Gasteiger partial charge in [-0.25, -0.2) is 0 Å². The second-order valence-corrected chi connectivity index (χ2v) is 8.74. The van der Waals surface area contributed by atoms with Crippen molar-refractivity contribution in [3.05, 3.63) is 63.5 Å². The van der Waals surface area contributed by atoms with Crippen molar-refractivity contribution >= 4 is 67.8 Å². The molecule has 0 radical (unpaired) electrons. The van der Waals surface area contributed by atoms with Crippen molar-refractivity contribution in [2.24, 2.45) is 0 Å². The lowest BCUT2D eigenvalue weighted by Crippen LogP contribution is -2.31. The molecule has 29 heavy (non-hydrogen) atoms. The molecule has 1 fully saturated rings. The zero-order valence-corrected chi connectivity index (χ0v) is 18.9. The molecule has 1 aliphatic heterocycles. The van der Waals surface area contributed by atoms with E-state index in [0.717, 1.165) is 15.8 Å². The number of carbonyl (C=O) groups excluding carboxylic acids is 2. The van der Waals surface area contributed by atoms with E-state index in [0.29, 0.717) is 21.5 Å². The van der Waals surface area contributed by atoms with Crippen LogP contribution in [0.2, 0.25) is 0 Å². The minimum atomic E-state index is -0.177. The second-order valence-electron chi connectivity index (χ2n) is 6.14. The lowest BCUT2D eigenvalue weighted by molar-refractivity contribution is -0.122. The van der Waals surface area contributed by atoms with E-state index in [2.05, 4.69) is 21.2 Å². The fourth-order valence-electron chi connectivity index (χ4n) is 2.67. The first kappa shape index (κ1) is 21.5. The van der Waals surface area contributed by atoms with Crippen LogP contribution in [0.1, 0.15) is 18.9 Å². The van der Waals surface area contributed by atoms with E-state index in [9.17, 15) is 9.59 Å². The zero-order valence-electron chi connectivity index (χ0n) is 15.7. The Hall–Kier alpha value is -2.16. The molecule has 150 valence electrons. The standard InChI is InChI=1S/C21H19BrN2O3S2/c1-2-27-17-8-6-14(7-9-17)12-18-20(26)24(21(28)29-18)11-10-19(25)23-16-5-3-4-15(22)13-16/h3-9,12-13H,2,10-11H2,1H3,(H,23,25)/b18-12-. The summed E-state index contributed by atoms with van der Waals surface area (Å²) in [5.74, 6) is 0.436. The van der Waals surface area contributed by atoms with Crippen molar-refractivity contribution < 1.29 is 14.3 Å². The van der Waals surface area contributed by atoms with E-state index in [1.54, 1.807) is 6.08 Å². The first-order valence-corrected chi connectivity index (χ1v) is 11.0. The summed E-state index contributed by atoms with van der Waals surface area (Å²) in [5, 5.41) is 2.82. The number of rotatable bonds is 7. The fraction of sp³-hybridized carbons (Fsp3) is 0.190. The van der Waals surface area contributed by atoms with Gasteiger partial charge in [0.25, 0.3) is 5.91 Å². The van der Waals surface area contributed by atoms with Crippen LogP contribution in [0.4, 0.5) is 5.69 Å². The van der Waals surface area contributed by atoms with Crippen molar-refractivity contribution in [3.8, 4) is 5.75 Å². The van der Waals surface area contributed by atoms with Crippen LogP contribution in [0, 0.1) is 0 Å². The van der Waals surface area contributed by atoms with Gasteiger partial charge in [0.15, 0.2) is 0 Å². The molecule has 0 spiro atoms. The molecule has 0 aromatic heterocycles. The summed E-state index contributed by atoms with van der Waals surface area (Å²) in [6.07, 6.45) is 1.96. The summed E-state index contributed by atoms with van der Waals surface area (Å²) in [7, 11) is 0. The molecular formula is C21H19BrN2O3S2. The molecule has 1 N–H and O–H groups in total. The lowest BCUT2D eigenvalue weighted by atomic mass is 10.2. The van der Waals surface area contributed by atoms with Crippen molar-refractivity contribution in [2.75, 3.05) is 18.5 Å². The number of benzene rings is 2. The van der Waals surface area contributed by atoms with E-state index in [4.69, 9.17) is 17.0 Å². The Morgan fingerprint density at radius 1 is 1.28 bits per heavy atom. The predicted octanol–water partition coefficient (Wildman–Crippen LogP) is 5.08. The average molecular weight is 491 g/mol. The normalized spacial score (nSPS) is 15.1. The average Bonchev–Trinajstić information content (AvgIpc) is 2.95. The number of anilines is 1. The van der Waals surface area contributed by atoms with Gasteiger partial charge in [-0.3, -0.25) is 14.5 Å². The molecule has 8 heteroatoms. The van der Waals surface area contributed by atoms with Crippen LogP contribution in [0.5, 0.6) is 5.75 Å². The smallest absolute Gasteiger partial charge is 0.266 e. The van der Waals surface area contributed by atoms with Crippen LogP contribution in [0.3, 0.4) is 0 Å². The van der Waals surface area contributed by atoms with Gasteiger partial charge in [-0.05, 0) is 48.9 Å². The number of nitrogens with one attached hydrogen (secondary N) is 1. The molecule has 0 aliphatic carbocycles. The molecule has 1 aliphatic rings. The number of hydrogen-bond acceptors (Lipinski definition) is 5. The number of amides is 2. The van der Waals surface area contributed by atoms with Crippen LogP contribution in [-0.4, -0.2) is 34.2 Å². The molecule has 1 saturated heterocycles. The maximum atomic E-state index is 12.7. The van der Waals surface area contributed by atoms with Gasteiger partial charge in [0.05, 0.1) is 11.5 Å². The number of ether oxygens (including phenoxy) is 1. The number of carbonyl (C=O) groups is 2. The van der Waals surface area contributed by atoms with Crippen molar-refractivity contribution in [1.82, 2.24) is 4.90 Å². The largest absolute Gasteiger partial charge is 0.494 e. The number of hydrogen-bond donors (Lipinski definition) is 1. The highest BCUT2D eigenvalue weighted by molar-refractivity contribution is 9.10. The highest BCUT2D eigenvalue weighted by Gasteiger charge is 2.32. The third-order valence-corrected chi connectivity index (χ3v) is 5.90. The van der Waals surface area contributed by atoms with Crippen LogP contribution in [-0.2, 0) is 9.59 Å². The quantitative estimate of drug-likeness (QED) is 0.433. The molecular weight excluding hydrogens is 472 g/mol. The van der Waals surface area contributed by atoms with Gasteiger partial charge in [0, 0.05) is 23.1 Å². The highest BCUT2D eigenvalue weighted by atomic mass is 79.9. The molecule has 0 saturated carbocycles. The minimum Gasteiger partial charge on any atom is -0.494 e. The predicted molar refractivity (Wildman–Crippen MR) is 125 cm³/mol. The van der Waals surface area contributed by atoms with Crippen LogP contribution in [0.25, 0.3) is 6.08 Å². The number of nitrogens with zero attached hydrogens (tertiary/aromatic N) is 1. The summed E-state index contributed by atoms with van der Waals surface area (Å²) in [6.45, 7) is 2.77. The van der Waals surface area contributed by atoms with Gasteiger partial charge in [-0.1, -0.05) is 58.1 Å². The molecule has 0 bridgehead atoms. The number of thioether (sulfide) groups is 1. The molecule has 2 aromatic carbocycles. The van der Waals surface area contributed by atoms with Gasteiger partial charge in [-0.15, -0.1) is 0 Å². The Kier molecular flexibility index (Phi) is 7.46. The Labute approximate surface area is 187 Å². The topological polar surface area (TPSA) is 58.6 Å². The summed E-state index contributed by atoms with van der Waals surface area (Å²) < 4.78 is 6.77. The van der Waals surface area contributed by atoms with Crippen molar-refractivity contribution in [1.29, 1.82) is 0 Å². The molecule has 3 rings (SSSR count). The van der Waals surface area contributed by atoms with Gasteiger partial charge >= 0.3 is 0 Å². The van der Waals surface area contributed by atoms with Crippen molar-refractivity contribution in [3.63, 3.8) is 0 Å². The first-order valence-electron chi connectivity index (χ1n) is 9.00. The third-order valence-electron chi connectivity index (χ3n) is 4.03. The monoisotopic (exact) mass is 490 g/mol. The van der Waals surface area contributed by atoms with Crippen molar-refractivity contribution in [2.45, 2.75) is 13.3 Å². The minimum absolute atomic E-state index is 0.162. The van der Waals surface area contributed by atoms with Gasteiger partial charge in [0.2, 0.25) is 5.91 Å². The van der Waals surface area contributed by atoms with E-state index in [-0.39, 0.29) is 24.8 Å². The molecule has 2 aromatic rings. The van der Waals surface area contributed by atoms with Crippen LogP contribution < -0.4 is 10.1 Å². The first-order chi connectivity index (χ1) is 14.0. The maximum absolute atomic E-state index is 12.7. The Morgan fingerprint density at radius 3 is 2.72 bits per heavy atom. The Bertz CT molecular complexity index is 961. The van der Waals surface area contributed by atoms with Gasteiger partial charge < -0.3 is 10.1 Å². The van der Waals surface area contributed by atoms with Crippen LogP contribution in [0.15, 0.2) is 57.9 Å². The van der Waals surface area contributed by atoms with E-state index < -0.39 is 0 Å². The Balaban J connectivity index is 1.59. The lowest BCUT2D eigenvalue weighted by Gasteiger charge is -2.14.